The molecular formula is C22H20BrN3O3. The van der Waals surface area contributed by atoms with Crippen molar-refractivity contribution in [2.75, 3.05) is 6.54 Å². The van der Waals surface area contributed by atoms with Crippen LogP contribution in [0.5, 0.6) is 0 Å². The number of furan rings is 1. The molecule has 7 heteroatoms. The molecule has 29 heavy (non-hydrogen) atoms. The van der Waals surface area contributed by atoms with E-state index in [1.165, 1.54) is 6.21 Å². The summed E-state index contributed by atoms with van der Waals surface area (Å²) in [5.74, 6) is 0.449. The number of hydrogen-bond acceptors (Lipinski definition) is 4. The summed E-state index contributed by atoms with van der Waals surface area (Å²) in [6.45, 7) is 3.68. The highest BCUT2D eigenvalue weighted by molar-refractivity contribution is 9.10. The van der Waals surface area contributed by atoms with Gasteiger partial charge in [-0.05, 0) is 55.3 Å². The summed E-state index contributed by atoms with van der Waals surface area (Å²) in [6.07, 6.45) is 1.41. The fourth-order valence-corrected chi connectivity index (χ4v) is 3.37. The van der Waals surface area contributed by atoms with Gasteiger partial charge in [0.15, 0.2) is 0 Å². The minimum atomic E-state index is -0.434. The molecule has 0 saturated heterocycles. The van der Waals surface area contributed by atoms with Gasteiger partial charge < -0.3 is 9.73 Å². The van der Waals surface area contributed by atoms with E-state index >= 15 is 0 Å². The molecule has 0 aliphatic carbocycles. The lowest BCUT2D eigenvalue weighted by Gasteiger charge is -2.06. The van der Waals surface area contributed by atoms with Crippen LogP contribution in [0.3, 0.4) is 0 Å². The Hall–Kier alpha value is -3.19. The first-order chi connectivity index (χ1) is 13.9. The van der Waals surface area contributed by atoms with Crippen molar-refractivity contribution in [1.82, 2.24) is 10.7 Å². The number of rotatable bonds is 6. The smallest absolute Gasteiger partial charge is 0.259 e. The second-order valence-corrected chi connectivity index (χ2v) is 7.33. The van der Waals surface area contributed by atoms with E-state index in [-0.39, 0.29) is 12.5 Å². The molecule has 6 nitrogen and oxygen atoms in total. The molecule has 0 aliphatic heterocycles. The summed E-state index contributed by atoms with van der Waals surface area (Å²) in [6, 6.07) is 16.8. The zero-order valence-corrected chi connectivity index (χ0v) is 17.6. The first kappa shape index (κ1) is 20.5. The fraction of sp³-hybridized carbons (Fsp3) is 0.136. The maximum atomic E-state index is 12.1. The van der Waals surface area contributed by atoms with E-state index in [1.807, 2.05) is 50.2 Å². The van der Waals surface area contributed by atoms with Crippen LogP contribution in [0.15, 0.2) is 68.6 Å². The minimum Gasteiger partial charge on any atom is -0.455 e. The van der Waals surface area contributed by atoms with Crippen LogP contribution < -0.4 is 10.7 Å². The van der Waals surface area contributed by atoms with Crippen molar-refractivity contribution in [2.24, 2.45) is 5.10 Å². The summed E-state index contributed by atoms with van der Waals surface area (Å²) < 4.78 is 6.68. The van der Waals surface area contributed by atoms with Gasteiger partial charge in [-0.2, -0.15) is 5.10 Å². The van der Waals surface area contributed by atoms with Crippen molar-refractivity contribution < 1.29 is 14.0 Å². The van der Waals surface area contributed by atoms with E-state index < -0.39 is 5.91 Å². The standard InChI is InChI=1S/C22H20BrN3O3/c1-14-7-9-18(19(23)11-14)20-10-8-16(29-20)12-25-26-21(27)13-24-22(28)17-6-4-3-5-15(17)2/h3-12H,13H2,1-2H3,(H,24,28)(H,26,27)/b25-12+. The van der Waals surface area contributed by atoms with Gasteiger partial charge in [0.05, 0.1) is 12.8 Å². The third-order valence-corrected chi connectivity index (χ3v) is 4.85. The van der Waals surface area contributed by atoms with Gasteiger partial charge in [0.1, 0.15) is 11.5 Å². The molecule has 0 radical (unpaired) electrons. The van der Waals surface area contributed by atoms with Crippen molar-refractivity contribution in [3.63, 3.8) is 0 Å². The van der Waals surface area contributed by atoms with Crippen molar-refractivity contribution in [3.05, 3.63) is 81.5 Å². The number of amides is 2. The monoisotopic (exact) mass is 453 g/mol. The van der Waals surface area contributed by atoms with Crippen molar-refractivity contribution in [3.8, 4) is 11.3 Å². The molecule has 2 amide bonds. The Kier molecular flexibility index (Phi) is 6.61. The van der Waals surface area contributed by atoms with Gasteiger partial charge in [0.2, 0.25) is 0 Å². The summed E-state index contributed by atoms with van der Waals surface area (Å²) in [5, 5.41) is 6.44. The van der Waals surface area contributed by atoms with Crippen LogP contribution >= 0.6 is 15.9 Å². The quantitative estimate of drug-likeness (QED) is 0.433. The molecule has 0 aliphatic rings. The van der Waals surface area contributed by atoms with Gasteiger partial charge in [0.25, 0.3) is 11.8 Å². The number of halogens is 1. The van der Waals surface area contributed by atoms with Crippen LogP contribution in [0.2, 0.25) is 0 Å². The van der Waals surface area contributed by atoms with Crippen LogP contribution in [-0.2, 0) is 4.79 Å². The number of aryl methyl sites for hydroxylation is 2. The Morgan fingerprint density at radius 1 is 1.10 bits per heavy atom. The van der Waals surface area contributed by atoms with Crippen LogP contribution in [0.25, 0.3) is 11.3 Å². The first-order valence-electron chi connectivity index (χ1n) is 8.96. The number of carbonyl (C=O) groups excluding carboxylic acids is 2. The molecule has 1 heterocycles. The molecule has 0 spiro atoms. The van der Waals surface area contributed by atoms with Crippen LogP contribution in [-0.4, -0.2) is 24.6 Å². The Morgan fingerprint density at radius 2 is 1.90 bits per heavy atom. The van der Waals surface area contributed by atoms with E-state index in [0.29, 0.717) is 17.1 Å². The summed E-state index contributed by atoms with van der Waals surface area (Å²) in [7, 11) is 0. The molecule has 0 unspecified atom stereocenters. The third-order valence-electron chi connectivity index (χ3n) is 4.20. The highest BCUT2D eigenvalue weighted by Crippen LogP contribution is 2.30. The summed E-state index contributed by atoms with van der Waals surface area (Å²) in [5.41, 5.74) is 5.82. The number of benzene rings is 2. The average molecular weight is 454 g/mol. The summed E-state index contributed by atoms with van der Waals surface area (Å²) in [4.78, 5) is 24.0. The second kappa shape index (κ2) is 9.34. The van der Waals surface area contributed by atoms with E-state index in [9.17, 15) is 9.59 Å². The minimum absolute atomic E-state index is 0.176. The van der Waals surface area contributed by atoms with Gasteiger partial charge in [0, 0.05) is 15.6 Å². The lowest BCUT2D eigenvalue weighted by molar-refractivity contribution is -0.120. The molecule has 0 atom stereocenters. The second-order valence-electron chi connectivity index (χ2n) is 6.48. The molecule has 2 aromatic carbocycles. The average Bonchev–Trinajstić information content (AvgIpc) is 3.15. The number of carbonyl (C=O) groups is 2. The van der Waals surface area contributed by atoms with Crippen molar-refractivity contribution in [2.45, 2.75) is 13.8 Å². The zero-order chi connectivity index (χ0) is 20.8. The van der Waals surface area contributed by atoms with Gasteiger partial charge >= 0.3 is 0 Å². The third kappa shape index (κ3) is 5.42. The molecule has 3 aromatic rings. The lowest BCUT2D eigenvalue weighted by atomic mass is 10.1. The number of nitrogens with zero attached hydrogens (tertiary/aromatic N) is 1. The SMILES string of the molecule is Cc1ccc(-c2ccc(/C=N/NC(=O)CNC(=O)c3ccccc3C)o2)c(Br)c1. The Morgan fingerprint density at radius 3 is 2.66 bits per heavy atom. The molecule has 0 fully saturated rings. The predicted octanol–water partition coefficient (Wildman–Crippen LogP) is 4.21. The Balaban J connectivity index is 1.52. The van der Waals surface area contributed by atoms with E-state index in [4.69, 9.17) is 4.42 Å². The van der Waals surface area contributed by atoms with Gasteiger partial charge in [-0.1, -0.05) is 40.2 Å². The van der Waals surface area contributed by atoms with E-state index in [2.05, 4.69) is 31.8 Å². The van der Waals surface area contributed by atoms with Crippen molar-refractivity contribution in [1.29, 1.82) is 0 Å². The Bertz CT molecular complexity index is 1070. The maximum Gasteiger partial charge on any atom is 0.259 e. The number of hydrogen-bond donors (Lipinski definition) is 2. The molecule has 148 valence electrons. The molecular weight excluding hydrogens is 434 g/mol. The number of nitrogens with one attached hydrogen (secondary N) is 2. The normalized spacial score (nSPS) is 10.9. The maximum absolute atomic E-state index is 12.1. The molecule has 0 saturated carbocycles. The van der Waals surface area contributed by atoms with Crippen molar-refractivity contribution >= 4 is 34.0 Å². The lowest BCUT2D eigenvalue weighted by Crippen LogP contribution is -2.35. The highest BCUT2D eigenvalue weighted by Gasteiger charge is 2.10. The van der Waals surface area contributed by atoms with Crippen LogP contribution in [0.1, 0.15) is 27.2 Å². The van der Waals surface area contributed by atoms with Gasteiger partial charge in [-0.15, -0.1) is 0 Å². The van der Waals surface area contributed by atoms with E-state index in [0.717, 1.165) is 21.2 Å². The van der Waals surface area contributed by atoms with E-state index in [1.54, 1.807) is 18.2 Å². The molecule has 2 N–H and O–H groups in total. The Labute approximate surface area is 177 Å². The highest BCUT2D eigenvalue weighted by atomic mass is 79.9. The topological polar surface area (TPSA) is 83.7 Å². The summed E-state index contributed by atoms with van der Waals surface area (Å²) >= 11 is 3.53. The molecule has 3 rings (SSSR count). The van der Waals surface area contributed by atoms with Crippen LogP contribution in [0.4, 0.5) is 0 Å². The molecule has 1 aromatic heterocycles. The van der Waals surface area contributed by atoms with Gasteiger partial charge in [-0.3, -0.25) is 9.59 Å². The predicted molar refractivity (Wildman–Crippen MR) is 116 cm³/mol. The largest absolute Gasteiger partial charge is 0.455 e. The first-order valence-corrected chi connectivity index (χ1v) is 9.75. The number of hydrazone groups is 1. The molecule has 0 bridgehead atoms. The zero-order valence-electron chi connectivity index (χ0n) is 16.0. The van der Waals surface area contributed by atoms with Crippen LogP contribution in [0, 0.1) is 13.8 Å². The fourth-order valence-electron chi connectivity index (χ4n) is 2.68. The van der Waals surface area contributed by atoms with Gasteiger partial charge in [-0.25, -0.2) is 5.43 Å².